The molecule has 114 valence electrons. The predicted molar refractivity (Wildman–Crippen MR) is 78.2 cm³/mol. The molecule has 6 nitrogen and oxygen atoms in total. The maximum Gasteiger partial charge on any atom is 0.337 e. The first-order valence-electron chi connectivity index (χ1n) is 6.21. The Morgan fingerprint density at radius 2 is 2.10 bits per heavy atom. The van der Waals surface area contributed by atoms with Gasteiger partial charge in [-0.25, -0.2) is 13.2 Å². The number of hydrogen-bond acceptors (Lipinski definition) is 5. The summed E-state index contributed by atoms with van der Waals surface area (Å²) in [6.07, 6.45) is 0.294. The number of carbonyl (C=O) groups excluding carboxylic acids is 2. The fourth-order valence-electron chi connectivity index (χ4n) is 2.10. The van der Waals surface area contributed by atoms with Gasteiger partial charge in [0.15, 0.2) is 9.84 Å². The van der Waals surface area contributed by atoms with Crippen LogP contribution in [0, 0.1) is 5.92 Å². The Labute approximate surface area is 127 Å². The Morgan fingerprint density at radius 3 is 2.67 bits per heavy atom. The molecule has 1 atom stereocenters. The highest BCUT2D eigenvalue weighted by atomic mass is 35.5. The SMILES string of the molecule is COC(=O)c1ccc(Cl)c(NC(=O)C2CCS(=O)(=O)C2)c1. The summed E-state index contributed by atoms with van der Waals surface area (Å²) in [5.41, 5.74) is 0.505. The van der Waals surface area contributed by atoms with E-state index >= 15 is 0 Å². The minimum atomic E-state index is -3.14. The average Bonchev–Trinajstić information content (AvgIpc) is 2.80. The van der Waals surface area contributed by atoms with E-state index in [1.54, 1.807) is 0 Å². The van der Waals surface area contributed by atoms with Gasteiger partial charge in [-0.05, 0) is 24.6 Å². The summed E-state index contributed by atoms with van der Waals surface area (Å²) in [7, 11) is -1.89. The molecule has 1 aromatic carbocycles. The molecule has 1 fully saturated rings. The number of carbonyl (C=O) groups is 2. The van der Waals surface area contributed by atoms with Crippen molar-refractivity contribution in [1.29, 1.82) is 0 Å². The molecule has 0 spiro atoms. The van der Waals surface area contributed by atoms with Crippen molar-refractivity contribution >= 4 is 39.0 Å². The van der Waals surface area contributed by atoms with Crippen LogP contribution in [0.5, 0.6) is 0 Å². The number of sulfone groups is 1. The van der Waals surface area contributed by atoms with Gasteiger partial charge in [-0.1, -0.05) is 11.6 Å². The van der Waals surface area contributed by atoms with E-state index in [1.807, 2.05) is 0 Å². The molecule has 2 rings (SSSR count). The first-order valence-corrected chi connectivity index (χ1v) is 8.41. The number of halogens is 1. The van der Waals surface area contributed by atoms with E-state index in [9.17, 15) is 18.0 Å². The van der Waals surface area contributed by atoms with Gasteiger partial charge in [-0.3, -0.25) is 4.79 Å². The molecule has 1 aromatic rings. The predicted octanol–water partition coefficient (Wildman–Crippen LogP) is 1.50. The largest absolute Gasteiger partial charge is 0.465 e. The third kappa shape index (κ3) is 3.74. The van der Waals surface area contributed by atoms with Crippen LogP contribution in [0.4, 0.5) is 5.69 Å². The van der Waals surface area contributed by atoms with Crippen LogP contribution in [0.1, 0.15) is 16.8 Å². The van der Waals surface area contributed by atoms with Gasteiger partial charge >= 0.3 is 5.97 Å². The van der Waals surface area contributed by atoms with Crippen LogP contribution in [-0.4, -0.2) is 38.9 Å². The highest BCUT2D eigenvalue weighted by molar-refractivity contribution is 7.91. The van der Waals surface area contributed by atoms with Crippen molar-refractivity contribution in [1.82, 2.24) is 0 Å². The maximum absolute atomic E-state index is 12.1. The minimum absolute atomic E-state index is 0.0149. The number of benzene rings is 1. The van der Waals surface area contributed by atoms with E-state index in [2.05, 4.69) is 10.1 Å². The number of ether oxygens (including phenoxy) is 1. The zero-order valence-corrected chi connectivity index (χ0v) is 12.8. The molecular weight excluding hydrogens is 318 g/mol. The molecule has 0 saturated carbocycles. The van der Waals surface area contributed by atoms with Gasteiger partial charge in [0.1, 0.15) is 0 Å². The second-order valence-corrected chi connectivity index (χ2v) is 7.41. The second kappa shape index (κ2) is 6.03. The lowest BCUT2D eigenvalue weighted by molar-refractivity contribution is -0.119. The first kappa shape index (κ1) is 15.8. The molecule has 1 aliphatic heterocycles. The molecule has 1 aliphatic rings. The van der Waals surface area contributed by atoms with Gasteiger partial charge in [0.2, 0.25) is 5.91 Å². The number of rotatable bonds is 3. The molecule has 21 heavy (non-hydrogen) atoms. The highest BCUT2D eigenvalue weighted by Crippen LogP contribution is 2.26. The Morgan fingerprint density at radius 1 is 1.38 bits per heavy atom. The zero-order valence-electron chi connectivity index (χ0n) is 11.3. The molecule has 1 heterocycles. The summed E-state index contributed by atoms with van der Waals surface area (Å²) in [6.45, 7) is 0. The van der Waals surface area contributed by atoms with Crippen molar-refractivity contribution in [3.05, 3.63) is 28.8 Å². The van der Waals surface area contributed by atoms with Gasteiger partial charge in [0.05, 0.1) is 40.8 Å². The van der Waals surface area contributed by atoms with Crippen molar-refractivity contribution in [2.75, 3.05) is 23.9 Å². The summed E-state index contributed by atoms with van der Waals surface area (Å²) in [6, 6.07) is 4.34. The van der Waals surface area contributed by atoms with Crippen molar-refractivity contribution in [2.24, 2.45) is 5.92 Å². The third-order valence-electron chi connectivity index (χ3n) is 3.25. The summed E-state index contributed by atoms with van der Waals surface area (Å²) in [5.74, 6) is -1.70. The molecule has 1 unspecified atom stereocenters. The monoisotopic (exact) mass is 331 g/mol. The summed E-state index contributed by atoms with van der Waals surface area (Å²) < 4.78 is 27.3. The fraction of sp³-hybridized carbons (Fsp3) is 0.385. The molecule has 1 saturated heterocycles. The standard InChI is InChI=1S/C13H14ClNO5S/c1-20-13(17)8-2-3-10(14)11(6-8)15-12(16)9-4-5-21(18,19)7-9/h2-3,6,9H,4-5,7H2,1H3,(H,15,16). The van der Waals surface area contributed by atoms with E-state index in [4.69, 9.17) is 11.6 Å². The fourth-order valence-corrected chi connectivity index (χ4v) is 4.01. The smallest absolute Gasteiger partial charge is 0.337 e. The number of anilines is 1. The van der Waals surface area contributed by atoms with E-state index in [0.717, 1.165) is 0 Å². The quantitative estimate of drug-likeness (QED) is 0.848. The number of hydrogen-bond donors (Lipinski definition) is 1. The molecule has 1 amide bonds. The summed E-state index contributed by atoms with van der Waals surface area (Å²) in [4.78, 5) is 23.5. The van der Waals surface area contributed by atoms with Crippen LogP contribution in [0.3, 0.4) is 0 Å². The summed E-state index contributed by atoms with van der Waals surface area (Å²) >= 11 is 5.97. The molecule has 0 bridgehead atoms. The molecule has 1 N–H and O–H groups in total. The van der Waals surface area contributed by atoms with Gasteiger partial charge < -0.3 is 10.1 Å². The van der Waals surface area contributed by atoms with Crippen LogP contribution in [0.15, 0.2) is 18.2 Å². The van der Waals surface area contributed by atoms with Crippen molar-refractivity contribution < 1.29 is 22.7 Å². The lowest BCUT2D eigenvalue weighted by Gasteiger charge is -2.11. The topological polar surface area (TPSA) is 89.5 Å². The van der Waals surface area contributed by atoms with Crippen LogP contribution in [0.25, 0.3) is 0 Å². The number of esters is 1. The van der Waals surface area contributed by atoms with Crippen LogP contribution in [-0.2, 0) is 19.4 Å². The van der Waals surface area contributed by atoms with Crippen LogP contribution < -0.4 is 5.32 Å². The Hall–Kier alpha value is -1.60. The minimum Gasteiger partial charge on any atom is -0.465 e. The van der Waals surface area contributed by atoms with Gasteiger partial charge in [0, 0.05) is 0 Å². The number of methoxy groups -OCH3 is 1. The zero-order chi connectivity index (χ0) is 15.6. The van der Waals surface area contributed by atoms with E-state index in [1.165, 1.54) is 25.3 Å². The maximum atomic E-state index is 12.1. The second-order valence-electron chi connectivity index (χ2n) is 4.78. The number of amides is 1. The Balaban J connectivity index is 2.16. The molecule has 0 radical (unpaired) electrons. The van der Waals surface area contributed by atoms with Crippen LogP contribution >= 0.6 is 11.6 Å². The van der Waals surface area contributed by atoms with Gasteiger partial charge in [-0.2, -0.15) is 0 Å². The molecule has 8 heteroatoms. The molecule has 0 aliphatic carbocycles. The third-order valence-corrected chi connectivity index (χ3v) is 5.35. The Kier molecular flexibility index (Phi) is 4.53. The van der Waals surface area contributed by atoms with Crippen molar-refractivity contribution in [3.63, 3.8) is 0 Å². The lowest BCUT2D eigenvalue weighted by atomic mass is 10.1. The van der Waals surface area contributed by atoms with Gasteiger partial charge in [-0.15, -0.1) is 0 Å². The van der Waals surface area contributed by atoms with Gasteiger partial charge in [0.25, 0.3) is 0 Å². The summed E-state index contributed by atoms with van der Waals surface area (Å²) in [5, 5.41) is 2.83. The first-order chi connectivity index (χ1) is 9.82. The molecular formula is C13H14ClNO5S. The average molecular weight is 332 g/mol. The lowest BCUT2D eigenvalue weighted by Crippen LogP contribution is -2.24. The van der Waals surface area contributed by atoms with E-state index in [-0.39, 0.29) is 27.8 Å². The van der Waals surface area contributed by atoms with E-state index in [0.29, 0.717) is 6.42 Å². The van der Waals surface area contributed by atoms with Crippen molar-refractivity contribution in [2.45, 2.75) is 6.42 Å². The van der Waals surface area contributed by atoms with Crippen LogP contribution in [0.2, 0.25) is 5.02 Å². The highest BCUT2D eigenvalue weighted by Gasteiger charge is 2.33. The van der Waals surface area contributed by atoms with E-state index < -0.39 is 27.6 Å². The molecule has 0 aromatic heterocycles. The Bertz CT molecular complexity index is 686. The van der Waals surface area contributed by atoms with Crippen molar-refractivity contribution in [3.8, 4) is 0 Å². The normalized spacial score (nSPS) is 20.0. The number of nitrogens with one attached hydrogen (secondary N) is 1.